The van der Waals surface area contributed by atoms with Gasteiger partial charge in [-0.3, -0.25) is 14.4 Å². The van der Waals surface area contributed by atoms with Crippen molar-refractivity contribution in [1.82, 2.24) is 9.80 Å². The number of carbonyl (C=O) groups is 3. The first-order chi connectivity index (χ1) is 15.9. The summed E-state index contributed by atoms with van der Waals surface area (Å²) in [6.07, 6.45) is 4.10. The van der Waals surface area contributed by atoms with Gasteiger partial charge in [0.25, 0.3) is 0 Å². The molecule has 8 heteroatoms. The number of carbonyl (C=O) groups excluding carboxylic acids is 2. The standard InChI is InChI=1S/C25H32N2O6/c1-2-13-26(16-17-9-5-3-6-10-17)23(30)21-25-12-11-18(33-25)19(24(31)32)20(25)22(29)27(21)14-7-4-8-15-28/h2-3,5-6,9-10,18-21,28H,1,4,7-8,11-16H2,(H,31,32)/t18-,19+,20-,21?,25?/m0/s1. The van der Waals surface area contributed by atoms with E-state index in [1.165, 1.54) is 0 Å². The van der Waals surface area contributed by atoms with E-state index in [2.05, 4.69) is 6.58 Å². The van der Waals surface area contributed by atoms with Crippen LogP contribution in [0.4, 0.5) is 0 Å². The zero-order chi connectivity index (χ0) is 23.6. The third-order valence-electron chi connectivity index (χ3n) is 7.25. The van der Waals surface area contributed by atoms with Crippen molar-refractivity contribution in [2.75, 3.05) is 19.7 Å². The molecule has 2 N–H and O–H groups in total. The van der Waals surface area contributed by atoms with Gasteiger partial charge in [0.1, 0.15) is 11.6 Å². The van der Waals surface area contributed by atoms with E-state index in [4.69, 9.17) is 9.84 Å². The van der Waals surface area contributed by atoms with E-state index in [-0.39, 0.29) is 18.4 Å². The Bertz CT molecular complexity index is 905. The van der Waals surface area contributed by atoms with Crippen LogP contribution in [-0.4, -0.2) is 75.2 Å². The number of aliphatic carboxylic acids is 1. The maximum atomic E-state index is 14.0. The molecule has 5 atom stereocenters. The van der Waals surface area contributed by atoms with E-state index in [9.17, 15) is 19.5 Å². The third-order valence-corrected chi connectivity index (χ3v) is 7.25. The lowest BCUT2D eigenvalue weighted by molar-refractivity contribution is -0.151. The first-order valence-electron chi connectivity index (χ1n) is 11.7. The predicted octanol–water partition coefficient (Wildman–Crippen LogP) is 1.82. The molecule has 0 aliphatic carbocycles. The number of aliphatic hydroxyl groups excluding tert-OH is 1. The molecule has 2 bridgehead atoms. The molecule has 0 aromatic heterocycles. The molecular weight excluding hydrogens is 424 g/mol. The van der Waals surface area contributed by atoms with Crippen LogP contribution in [0.25, 0.3) is 0 Å². The van der Waals surface area contributed by atoms with Crippen molar-refractivity contribution in [1.29, 1.82) is 0 Å². The summed E-state index contributed by atoms with van der Waals surface area (Å²) in [5, 5.41) is 19.0. The summed E-state index contributed by atoms with van der Waals surface area (Å²) in [5.41, 5.74) is -0.143. The number of hydrogen-bond donors (Lipinski definition) is 2. The molecule has 1 spiro atoms. The number of amides is 2. The number of likely N-dealkylation sites (tertiary alicyclic amines) is 1. The van der Waals surface area contributed by atoms with Crippen LogP contribution in [0, 0.1) is 11.8 Å². The van der Waals surface area contributed by atoms with Crippen molar-refractivity contribution < 1.29 is 29.3 Å². The first kappa shape index (κ1) is 23.4. The van der Waals surface area contributed by atoms with E-state index in [1.807, 2.05) is 30.3 Å². The van der Waals surface area contributed by atoms with Crippen LogP contribution in [0.2, 0.25) is 0 Å². The van der Waals surface area contributed by atoms with Crippen LogP contribution in [0.5, 0.6) is 0 Å². The SMILES string of the molecule is C=CCN(Cc1ccccc1)C(=O)C1N(CCCCCO)C(=O)[C@@H]2[C@H](C(=O)O)[C@@H]3CCC12O3. The van der Waals surface area contributed by atoms with Gasteiger partial charge in [0.2, 0.25) is 11.8 Å². The number of unbranched alkanes of at least 4 members (excludes halogenated alkanes) is 2. The predicted molar refractivity (Wildman–Crippen MR) is 120 cm³/mol. The number of carboxylic acids is 1. The normalized spacial score (nSPS) is 29.8. The highest BCUT2D eigenvalue weighted by atomic mass is 16.5. The largest absolute Gasteiger partial charge is 0.481 e. The number of fused-ring (bicyclic) bond motifs is 1. The maximum Gasteiger partial charge on any atom is 0.310 e. The summed E-state index contributed by atoms with van der Waals surface area (Å²) >= 11 is 0. The fourth-order valence-corrected chi connectivity index (χ4v) is 5.89. The molecule has 33 heavy (non-hydrogen) atoms. The number of ether oxygens (including phenoxy) is 1. The number of aliphatic hydroxyl groups is 1. The Balaban J connectivity index is 1.66. The molecule has 3 aliphatic rings. The number of carboxylic acid groups (broad SMARTS) is 1. The minimum absolute atomic E-state index is 0.0684. The Morgan fingerprint density at radius 1 is 1.24 bits per heavy atom. The Morgan fingerprint density at radius 3 is 2.67 bits per heavy atom. The van der Waals surface area contributed by atoms with E-state index in [0.29, 0.717) is 51.7 Å². The molecular formula is C25H32N2O6. The van der Waals surface area contributed by atoms with Crippen molar-refractivity contribution >= 4 is 17.8 Å². The molecule has 0 radical (unpaired) electrons. The Labute approximate surface area is 193 Å². The summed E-state index contributed by atoms with van der Waals surface area (Å²) in [7, 11) is 0. The van der Waals surface area contributed by atoms with Crippen molar-refractivity contribution in [3.63, 3.8) is 0 Å². The van der Waals surface area contributed by atoms with Crippen LogP contribution in [0.1, 0.15) is 37.7 Å². The smallest absolute Gasteiger partial charge is 0.310 e. The second-order valence-electron chi connectivity index (χ2n) is 9.20. The monoisotopic (exact) mass is 456 g/mol. The number of benzene rings is 1. The zero-order valence-electron chi connectivity index (χ0n) is 18.8. The quantitative estimate of drug-likeness (QED) is 0.389. The Morgan fingerprint density at radius 2 is 2.00 bits per heavy atom. The molecule has 3 aliphatic heterocycles. The highest BCUT2D eigenvalue weighted by Gasteiger charge is 2.74. The van der Waals surface area contributed by atoms with Gasteiger partial charge in [-0.15, -0.1) is 6.58 Å². The second kappa shape index (κ2) is 9.65. The molecule has 3 heterocycles. The molecule has 1 aromatic rings. The van der Waals surface area contributed by atoms with Crippen molar-refractivity contribution in [3.05, 3.63) is 48.6 Å². The maximum absolute atomic E-state index is 14.0. The first-order valence-corrected chi connectivity index (χ1v) is 11.7. The van der Waals surface area contributed by atoms with Gasteiger partial charge >= 0.3 is 5.97 Å². The zero-order valence-corrected chi connectivity index (χ0v) is 18.8. The lowest BCUT2D eigenvalue weighted by Crippen LogP contribution is -2.56. The lowest BCUT2D eigenvalue weighted by atomic mass is 9.70. The van der Waals surface area contributed by atoms with E-state index in [0.717, 1.165) is 5.56 Å². The van der Waals surface area contributed by atoms with E-state index in [1.54, 1.807) is 15.9 Å². The van der Waals surface area contributed by atoms with Crippen LogP contribution in [-0.2, 0) is 25.7 Å². The molecule has 1 aromatic carbocycles. The van der Waals surface area contributed by atoms with Gasteiger partial charge in [-0.05, 0) is 37.7 Å². The van der Waals surface area contributed by atoms with Gasteiger partial charge < -0.3 is 24.7 Å². The number of nitrogens with zero attached hydrogens (tertiary/aromatic N) is 2. The molecule has 3 fully saturated rings. The summed E-state index contributed by atoms with van der Waals surface area (Å²) < 4.78 is 6.24. The molecule has 8 nitrogen and oxygen atoms in total. The van der Waals surface area contributed by atoms with Gasteiger partial charge in [-0.2, -0.15) is 0 Å². The number of hydrogen-bond acceptors (Lipinski definition) is 5. The van der Waals surface area contributed by atoms with Gasteiger partial charge in [-0.25, -0.2) is 0 Å². The fourth-order valence-electron chi connectivity index (χ4n) is 5.89. The van der Waals surface area contributed by atoms with E-state index >= 15 is 0 Å². The van der Waals surface area contributed by atoms with E-state index < -0.39 is 35.6 Å². The van der Waals surface area contributed by atoms with Crippen LogP contribution < -0.4 is 0 Å². The molecule has 0 saturated carbocycles. The molecule has 4 rings (SSSR count). The van der Waals surface area contributed by atoms with Crippen LogP contribution in [0.3, 0.4) is 0 Å². The number of rotatable bonds is 11. The summed E-state index contributed by atoms with van der Waals surface area (Å²) in [6, 6.07) is 8.75. The average Bonchev–Trinajstić information content (AvgIpc) is 3.44. The Kier molecular flexibility index (Phi) is 6.86. The minimum Gasteiger partial charge on any atom is -0.481 e. The van der Waals surface area contributed by atoms with Gasteiger partial charge in [-0.1, -0.05) is 36.4 Å². The minimum atomic E-state index is -1.10. The third kappa shape index (κ3) is 4.06. The average molecular weight is 457 g/mol. The molecule has 3 saturated heterocycles. The topological polar surface area (TPSA) is 107 Å². The molecule has 2 amide bonds. The van der Waals surface area contributed by atoms with Crippen molar-refractivity contribution in [2.24, 2.45) is 11.8 Å². The van der Waals surface area contributed by atoms with Gasteiger partial charge in [0, 0.05) is 26.2 Å². The lowest BCUT2D eigenvalue weighted by Gasteiger charge is -2.36. The highest BCUT2D eigenvalue weighted by molar-refractivity contribution is 5.98. The fraction of sp³-hybridized carbons (Fsp3) is 0.560. The highest BCUT2D eigenvalue weighted by Crippen LogP contribution is 2.58. The second-order valence-corrected chi connectivity index (χ2v) is 9.20. The van der Waals surface area contributed by atoms with Crippen LogP contribution >= 0.6 is 0 Å². The van der Waals surface area contributed by atoms with Crippen molar-refractivity contribution in [3.8, 4) is 0 Å². The van der Waals surface area contributed by atoms with Gasteiger partial charge in [0.15, 0.2) is 0 Å². The van der Waals surface area contributed by atoms with Gasteiger partial charge in [0.05, 0.1) is 17.9 Å². The summed E-state index contributed by atoms with van der Waals surface area (Å²) in [4.78, 5) is 42.8. The molecule has 178 valence electrons. The van der Waals surface area contributed by atoms with Crippen molar-refractivity contribution in [2.45, 2.75) is 56.4 Å². The molecule has 2 unspecified atom stereocenters. The van der Waals surface area contributed by atoms with Crippen LogP contribution in [0.15, 0.2) is 43.0 Å². The summed E-state index contributed by atoms with van der Waals surface area (Å²) in [5.74, 6) is -3.34. The summed E-state index contributed by atoms with van der Waals surface area (Å²) in [6.45, 7) is 4.87. The Hall–Kier alpha value is -2.71.